The zero-order valence-corrected chi connectivity index (χ0v) is 13.0. The van der Waals surface area contributed by atoms with Gasteiger partial charge >= 0.3 is 0 Å². The summed E-state index contributed by atoms with van der Waals surface area (Å²) in [5, 5.41) is 2.17. The van der Waals surface area contributed by atoms with Gasteiger partial charge in [0.15, 0.2) is 0 Å². The van der Waals surface area contributed by atoms with Crippen molar-refractivity contribution in [3.05, 3.63) is 25.3 Å². The quantitative estimate of drug-likeness (QED) is 0.709. The lowest BCUT2D eigenvalue weighted by molar-refractivity contribution is 0.268. The number of likely N-dealkylation sites (N-methyl/N-ethyl adjacent to an activating group) is 1. The molecule has 1 aromatic heterocycles. The van der Waals surface area contributed by atoms with Crippen molar-refractivity contribution >= 4 is 48.8 Å². The minimum absolute atomic E-state index is 0.639. The van der Waals surface area contributed by atoms with E-state index in [1.165, 1.54) is 38.7 Å². The van der Waals surface area contributed by atoms with Gasteiger partial charge in [-0.25, -0.2) is 0 Å². The molecule has 3 rings (SSSR count). The minimum atomic E-state index is 0.639. The van der Waals surface area contributed by atoms with Crippen LogP contribution < -0.4 is 0 Å². The first-order chi connectivity index (χ1) is 7.68. The fourth-order valence-electron chi connectivity index (χ4n) is 2.83. The fraction of sp³-hybridized carbons (Fsp3) is 0.500. The zero-order chi connectivity index (χ0) is 11.3. The van der Waals surface area contributed by atoms with Crippen molar-refractivity contribution < 1.29 is 0 Å². The molecule has 0 amide bonds. The first-order valence-electron chi connectivity index (χ1n) is 5.53. The molecule has 0 spiro atoms. The Balaban J connectivity index is 2.02. The Hall–Kier alpha value is 0.360. The molecule has 0 aromatic carbocycles. The molecule has 0 radical (unpaired) electrons. The Morgan fingerprint density at radius 2 is 2.19 bits per heavy atom. The molecule has 2 aliphatic heterocycles. The SMILES string of the molecule is CN1C2CC=C(c3scc(Br)c3Br)C1CC2. The summed E-state index contributed by atoms with van der Waals surface area (Å²) < 4.78 is 2.40. The number of hydrogen-bond acceptors (Lipinski definition) is 2. The lowest BCUT2D eigenvalue weighted by atomic mass is 10.0. The molecule has 3 heterocycles. The van der Waals surface area contributed by atoms with Crippen LogP contribution in [0.1, 0.15) is 24.1 Å². The van der Waals surface area contributed by atoms with E-state index in [1.54, 1.807) is 0 Å². The fourth-order valence-corrected chi connectivity index (χ4v) is 5.12. The molecule has 1 nitrogen and oxygen atoms in total. The molecule has 2 atom stereocenters. The topological polar surface area (TPSA) is 3.24 Å². The van der Waals surface area contributed by atoms with Crippen molar-refractivity contribution in [1.82, 2.24) is 4.90 Å². The molecule has 1 fully saturated rings. The Bertz CT molecular complexity index is 452. The molecule has 16 heavy (non-hydrogen) atoms. The van der Waals surface area contributed by atoms with E-state index in [4.69, 9.17) is 0 Å². The van der Waals surface area contributed by atoms with Gasteiger partial charge in [-0.05, 0) is 63.7 Å². The summed E-state index contributed by atoms with van der Waals surface area (Å²) in [7, 11) is 2.27. The van der Waals surface area contributed by atoms with Gasteiger partial charge in [-0.2, -0.15) is 0 Å². The number of hydrogen-bond donors (Lipinski definition) is 0. The van der Waals surface area contributed by atoms with Crippen molar-refractivity contribution in [2.75, 3.05) is 7.05 Å². The van der Waals surface area contributed by atoms with Crippen LogP contribution in [0.5, 0.6) is 0 Å². The first kappa shape index (κ1) is 11.5. The highest BCUT2D eigenvalue weighted by Gasteiger charge is 2.36. The van der Waals surface area contributed by atoms with Gasteiger partial charge in [-0.1, -0.05) is 6.08 Å². The number of fused-ring (bicyclic) bond motifs is 2. The Morgan fingerprint density at radius 3 is 2.88 bits per heavy atom. The van der Waals surface area contributed by atoms with E-state index in [-0.39, 0.29) is 0 Å². The lowest BCUT2D eigenvalue weighted by Gasteiger charge is -2.31. The standard InChI is InChI=1S/C12H13Br2NS/c1-15-7-2-4-8(10(15)5-3-7)12-11(14)9(13)6-16-12/h4,6-7,10H,2-3,5H2,1H3. The monoisotopic (exact) mass is 361 g/mol. The average molecular weight is 363 g/mol. The van der Waals surface area contributed by atoms with Crippen molar-refractivity contribution in [1.29, 1.82) is 0 Å². The maximum absolute atomic E-state index is 3.68. The summed E-state index contributed by atoms with van der Waals surface area (Å²) in [6, 6.07) is 1.43. The van der Waals surface area contributed by atoms with Crippen LogP contribution in [0.15, 0.2) is 20.4 Å². The third-order valence-electron chi connectivity index (χ3n) is 3.76. The average Bonchev–Trinajstić information content (AvgIpc) is 2.70. The third-order valence-corrected chi connectivity index (χ3v) is 7.34. The van der Waals surface area contributed by atoms with E-state index in [2.05, 4.69) is 55.3 Å². The highest BCUT2D eigenvalue weighted by molar-refractivity contribution is 9.13. The molecule has 0 aliphatic carbocycles. The van der Waals surface area contributed by atoms with Crippen molar-refractivity contribution in [3.8, 4) is 0 Å². The van der Waals surface area contributed by atoms with Gasteiger partial charge < -0.3 is 0 Å². The summed E-state index contributed by atoms with van der Waals surface area (Å²) in [6.07, 6.45) is 6.33. The summed E-state index contributed by atoms with van der Waals surface area (Å²) in [6.45, 7) is 0. The molecule has 0 saturated carbocycles. The molecule has 1 saturated heterocycles. The molecule has 4 heteroatoms. The molecule has 1 aromatic rings. The Labute approximate surface area is 117 Å². The molecular weight excluding hydrogens is 350 g/mol. The summed E-state index contributed by atoms with van der Waals surface area (Å²) in [4.78, 5) is 3.96. The van der Waals surface area contributed by atoms with Gasteiger partial charge in [0.1, 0.15) is 0 Å². The van der Waals surface area contributed by atoms with Crippen LogP contribution in [0.25, 0.3) is 5.57 Å². The van der Waals surface area contributed by atoms with E-state index in [9.17, 15) is 0 Å². The van der Waals surface area contributed by atoms with Crippen LogP contribution in [-0.4, -0.2) is 24.0 Å². The van der Waals surface area contributed by atoms with E-state index in [0.717, 1.165) is 6.04 Å². The van der Waals surface area contributed by atoms with Gasteiger partial charge in [0, 0.05) is 26.8 Å². The van der Waals surface area contributed by atoms with Crippen LogP contribution in [-0.2, 0) is 0 Å². The lowest BCUT2D eigenvalue weighted by Crippen LogP contribution is -2.35. The van der Waals surface area contributed by atoms with Gasteiger partial charge in [0.25, 0.3) is 0 Å². The number of thiophene rings is 1. The zero-order valence-electron chi connectivity index (χ0n) is 9.04. The predicted octanol–water partition coefficient (Wildman–Crippen LogP) is 4.52. The number of nitrogens with zero attached hydrogens (tertiary/aromatic N) is 1. The molecular formula is C12H13Br2NS. The van der Waals surface area contributed by atoms with Crippen molar-refractivity contribution in [2.45, 2.75) is 31.3 Å². The Kier molecular flexibility index (Phi) is 3.03. The van der Waals surface area contributed by atoms with Gasteiger partial charge in [-0.3, -0.25) is 4.90 Å². The molecule has 2 bridgehead atoms. The minimum Gasteiger partial charge on any atom is -0.296 e. The summed E-state index contributed by atoms with van der Waals surface area (Å²) in [5.41, 5.74) is 1.53. The number of rotatable bonds is 1. The van der Waals surface area contributed by atoms with E-state index < -0.39 is 0 Å². The van der Waals surface area contributed by atoms with Crippen molar-refractivity contribution in [2.24, 2.45) is 0 Å². The molecule has 2 aliphatic rings. The van der Waals surface area contributed by atoms with Gasteiger partial charge in [0.2, 0.25) is 0 Å². The normalized spacial score (nSPS) is 29.6. The van der Waals surface area contributed by atoms with Crippen LogP contribution in [0, 0.1) is 0 Å². The maximum Gasteiger partial charge on any atom is 0.0501 e. The van der Waals surface area contributed by atoms with E-state index in [0.29, 0.717) is 6.04 Å². The first-order valence-corrected chi connectivity index (χ1v) is 8.00. The smallest absolute Gasteiger partial charge is 0.0501 e. The third kappa shape index (κ3) is 1.65. The second kappa shape index (κ2) is 4.23. The summed E-state index contributed by atoms with van der Waals surface area (Å²) >= 11 is 9.09. The largest absolute Gasteiger partial charge is 0.296 e. The second-order valence-electron chi connectivity index (χ2n) is 4.53. The van der Waals surface area contributed by atoms with Crippen LogP contribution >= 0.6 is 43.2 Å². The maximum atomic E-state index is 3.68. The van der Waals surface area contributed by atoms with Gasteiger partial charge in [-0.15, -0.1) is 11.3 Å². The number of halogens is 2. The molecule has 2 unspecified atom stereocenters. The summed E-state index contributed by atoms with van der Waals surface area (Å²) in [5.74, 6) is 0. The molecule has 0 N–H and O–H groups in total. The van der Waals surface area contributed by atoms with Gasteiger partial charge in [0.05, 0.1) is 4.47 Å². The van der Waals surface area contributed by atoms with Crippen LogP contribution in [0.3, 0.4) is 0 Å². The predicted molar refractivity (Wildman–Crippen MR) is 76.9 cm³/mol. The van der Waals surface area contributed by atoms with E-state index >= 15 is 0 Å². The van der Waals surface area contributed by atoms with Crippen LogP contribution in [0.2, 0.25) is 0 Å². The van der Waals surface area contributed by atoms with Crippen molar-refractivity contribution in [3.63, 3.8) is 0 Å². The highest BCUT2D eigenvalue weighted by Crippen LogP contribution is 2.45. The second-order valence-corrected chi connectivity index (χ2v) is 7.06. The van der Waals surface area contributed by atoms with E-state index in [1.807, 2.05) is 11.3 Å². The Morgan fingerprint density at radius 1 is 1.38 bits per heavy atom. The highest BCUT2D eigenvalue weighted by atomic mass is 79.9. The van der Waals surface area contributed by atoms with Crippen LogP contribution in [0.4, 0.5) is 0 Å². The molecule has 86 valence electrons.